The summed E-state index contributed by atoms with van der Waals surface area (Å²) in [6, 6.07) is 0. The molecular formula is C12H19N5O. The van der Waals surface area contributed by atoms with E-state index in [-0.39, 0.29) is 12.5 Å². The van der Waals surface area contributed by atoms with Gasteiger partial charge in [0.25, 0.3) is 0 Å². The van der Waals surface area contributed by atoms with Crippen LogP contribution in [0.4, 0.5) is 0 Å². The summed E-state index contributed by atoms with van der Waals surface area (Å²) < 4.78 is 1.44. The van der Waals surface area contributed by atoms with Crippen molar-refractivity contribution in [3.05, 3.63) is 6.33 Å². The predicted molar refractivity (Wildman–Crippen MR) is 64.4 cm³/mol. The van der Waals surface area contributed by atoms with Crippen LogP contribution in [0.3, 0.4) is 0 Å². The summed E-state index contributed by atoms with van der Waals surface area (Å²) in [4.78, 5) is 11.6. The van der Waals surface area contributed by atoms with Crippen LogP contribution in [0.5, 0.6) is 0 Å². The molecule has 0 unspecified atom stereocenters. The molecule has 2 fully saturated rings. The van der Waals surface area contributed by atoms with E-state index in [4.69, 9.17) is 0 Å². The van der Waals surface area contributed by atoms with E-state index in [1.807, 2.05) is 0 Å². The first-order valence-corrected chi connectivity index (χ1v) is 6.78. The van der Waals surface area contributed by atoms with E-state index < -0.39 is 0 Å². The average molecular weight is 249 g/mol. The first-order chi connectivity index (χ1) is 8.81. The van der Waals surface area contributed by atoms with Crippen molar-refractivity contribution in [2.75, 3.05) is 6.54 Å². The van der Waals surface area contributed by atoms with E-state index in [1.165, 1.54) is 36.7 Å². The van der Waals surface area contributed by atoms with Crippen LogP contribution in [-0.2, 0) is 11.3 Å². The minimum absolute atomic E-state index is 0.00884. The van der Waals surface area contributed by atoms with Crippen LogP contribution in [0, 0.1) is 17.8 Å². The maximum Gasteiger partial charge on any atom is 0.241 e. The van der Waals surface area contributed by atoms with E-state index in [2.05, 4.69) is 20.8 Å². The fraction of sp³-hybridized carbons (Fsp3) is 0.833. The molecule has 98 valence electrons. The summed E-state index contributed by atoms with van der Waals surface area (Å²) in [6.07, 6.45) is 8.25. The highest BCUT2D eigenvalue weighted by Crippen LogP contribution is 2.49. The van der Waals surface area contributed by atoms with Crippen LogP contribution < -0.4 is 5.32 Å². The van der Waals surface area contributed by atoms with Crippen molar-refractivity contribution >= 4 is 5.91 Å². The van der Waals surface area contributed by atoms with Crippen molar-refractivity contribution in [3.8, 4) is 0 Å². The Balaban J connectivity index is 1.36. The van der Waals surface area contributed by atoms with Gasteiger partial charge in [-0.2, -0.15) is 0 Å². The van der Waals surface area contributed by atoms with Crippen LogP contribution in [0.1, 0.15) is 32.1 Å². The molecule has 1 aromatic rings. The maximum atomic E-state index is 11.6. The minimum Gasteiger partial charge on any atom is -0.354 e. The summed E-state index contributed by atoms with van der Waals surface area (Å²) in [7, 11) is 0. The van der Waals surface area contributed by atoms with Crippen LogP contribution in [-0.4, -0.2) is 32.7 Å². The Hall–Kier alpha value is -1.46. The lowest BCUT2D eigenvalue weighted by atomic mass is 9.86. The molecule has 1 heterocycles. The van der Waals surface area contributed by atoms with Gasteiger partial charge in [-0.05, 0) is 53.9 Å². The average Bonchev–Trinajstić information content (AvgIpc) is 3.04. The maximum absolute atomic E-state index is 11.6. The quantitative estimate of drug-likeness (QED) is 0.830. The number of carbonyl (C=O) groups excluding carboxylic acids is 1. The van der Waals surface area contributed by atoms with Gasteiger partial charge in [-0.3, -0.25) is 4.79 Å². The molecule has 2 aliphatic rings. The van der Waals surface area contributed by atoms with E-state index in [1.54, 1.807) is 0 Å². The Morgan fingerprint density at radius 2 is 2.33 bits per heavy atom. The Labute approximate surface area is 106 Å². The number of rotatable bonds is 5. The molecule has 1 N–H and O–H groups in total. The number of nitrogens with one attached hydrogen (secondary N) is 1. The van der Waals surface area contributed by atoms with Crippen LogP contribution in [0.2, 0.25) is 0 Å². The van der Waals surface area contributed by atoms with Gasteiger partial charge in [-0.25, -0.2) is 4.68 Å². The van der Waals surface area contributed by atoms with E-state index in [0.29, 0.717) is 0 Å². The molecule has 18 heavy (non-hydrogen) atoms. The third-order valence-corrected chi connectivity index (χ3v) is 4.42. The molecular weight excluding hydrogens is 230 g/mol. The van der Waals surface area contributed by atoms with Crippen molar-refractivity contribution in [2.45, 2.75) is 38.6 Å². The van der Waals surface area contributed by atoms with Gasteiger partial charge >= 0.3 is 0 Å². The lowest BCUT2D eigenvalue weighted by Gasteiger charge is -2.21. The van der Waals surface area contributed by atoms with Crippen LogP contribution in [0.15, 0.2) is 6.33 Å². The lowest BCUT2D eigenvalue weighted by molar-refractivity contribution is -0.121. The van der Waals surface area contributed by atoms with Gasteiger partial charge in [0.15, 0.2) is 0 Å². The number of carbonyl (C=O) groups is 1. The van der Waals surface area contributed by atoms with Crippen LogP contribution >= 0.6 is 0 Å². The highest BCUT2D eigenvalue weighted by molar-refractivity contribution is 5.75. The summed E-state index contributed by atoms with van der Waals surface area (Å²) in [5, 5.41) is 13.6. The number of hydrogen-bond donors (Lipinski definition) is 1. The third-order valence-electron chi connectivity index (χ3n) is 4.42. The molecule has 3 atom stereocenters. The normalized spacial score (nSPS) is 29.7. The molecule has 0 aliphatic heterocycles. The van der Waals surface area contributed by atoms with Gasteiger partial charge in [-0.1, -0.05) is 6.42 Å². The Bertz CT molecular complexity index is 405. The van der Waals surface area contributed by atoms with Crippen molar-refractivity contribution < 1.29 is 4.79 Å². The van der Waals surface area contributed by atoms with Crippen LogP contribution in [0.25, 0.3) is 0 Å². The first kappa shape index (κ1) is 11.6. The minimum atomic E-state index is -0.00884. The topological polar surface area (TPSA) is 72.7 Å². The molecule has 0 spiro atoms. The molecule has 2 aliphatic carbocycles. The Kier molecular flexibility index (Phi) is 3.25. The van der Waals surface area contributed by atoms with E-state index in [9.17, 15) is 4.79 Å². The summed E-state index contributed by atoms with van der Waals surface area (Å²) in [5.74, 6) is 2.76. The second-order valence-electron chi connectivity index (χ2n) is 5.58. The fourth-order valence-corrected chi connectivity index (χ4v) is 3.58. The molecule has 2 saturated carbocycles. The van der Waals surface area contributed by atoms with Crippen molar-refractivity contribution in [3.63, 3.8) is 0 Å². The molecule has 1 amide bonds. The second-order valence-corrected chi connectivity index (χ2v) is 5.58. The number of hydrogen-bond acceptors (Lipinski definition) is 4. The van der Waals surface area contributed by atoms with Gasteiger partial charge in [0.1, 0.15) is 12.9 Å². The number of fused-ring (bicyclic) bond motifs is 2. The predicted octanol–water partition coefficient (Wildman–Crippen LogP) is 0.616. The SMILES string of the molecule is O=C(Cn1cnnn1)NCC[C@H]1C[C@H]2CC[C@H]1C2. The monoisotopic (exact) mass is 249 g/mol. The molecule has 0 saturated heterocycles. The molecule has 1 aromatic heterocycles. The molecule has 2 bridgehead atoms. The van der Waals surface area contributed by atoms with Crippen molar-refractivity contribution in [1.82, 2.24) is 25.5 Å². The highest BCUT2D eigenvalue weighted by atomic mass is 16.2. The molecule has 0 radical (unpaired) electrons. The van der Waals surface area contributed by atoms with E-state index >= 15 is 0 Å². The smallest absolute Gasteiger partial charge is 0.241 e. The first-order valence-electron chi connectivity index (χ1n) is 6.78. The van der Waals surface area contributed by atoms with Gasteiger partial charge in [-0.15, -0.1) is 5.10 Å². The van der Waals surface area contributed by atoms with Gasteiger partial charge < -0.3 is 5.32 Å². The highest BCUT2D eigenvalue weighted by Gasteiger charge is 2.38. The summed E-state index contributed by atoms with van der Waals surface area (Å²) in [5.41, 5.74) is 0. The molecule has 0 aromatic carbocycles. The third kappa shape index (κ3) is 2.52. The van der Waals surface area contributed by atoms with Gasteiger partial charge in [0, 0.05) is 6.54 Å². The van der Waals surface area contributed by atoms with Crippen molar-refractivity contribution in [1.29, 1.82) is 0 Å². The Morgan fingerprint density at radius 3 is 3.00 bits per heavy atom. The number of amides is 1. The second kappa shape index (κ2) is 5.04. The largest absolute Gasteiger partial charge is 0.354 e. The lowest BCUT2D eigenvalue weighted by Crippen LogP contribution is -2.30. The number of nitrogens with zero attached hydrogens (tertiary/aromatic N) is 4. The summed E-state index contributed by atoms with van der Waals surface area (Å²) in [6.45, 7) is 0.999. The number of aromatic nitrogens is 4. The zero-order chi connectivity index (χ0) is 12.4. The standard InChI is InChI=1S/C12H19N5O/c18-12(7-17-8-14-15-16-17)13-4-3-11-6-9-1-2-10(11)5-9/h8-11H,1-7H2,(H,13,18)/t9-,10-,11-/m0/s1. The van der Waals surface area contributed by atoms with E-state index in [0.717, 1.165) is 30.7 Å². The molecule has 6 heteroatoms. The Morgan fingerprint density at radius 1 is 1.39 bits per heavy atom. The van der Waals surface area contributed by atoms with Gasteiger partial charge in [0.2, 0.25) is 5.91 Å². The number of tetrazole rings is 1. The molecule has 6 nitrogen and oxygen atoms in total. The summed E-state index contributed by atoms with van der Waals surface area (Å²) >= 11 is 0. The fourth-order valence-electron chi connectivity index (χ4n) is 3.58. The van der Waals surface area contributed by atoms with Crippen molar-refractivity contribution in [2.24, 2.45) is 17.8 Å². The molecule has 3 rings (SSSR count). The zero-order valence-corrected chi connectivity index (χ0v) is 10.5. The van der Waals surface area contributed by atoms with Gasteiger partial charge in [0.05, 0.1) is 0 Å². The zero-order valence-electron chi connectivity index (χ0n) is 10.5.